The molecule has 0 saturated carbocycles. The standard InChI is InChI=1S/C19H13ClN4OS/c20-14-8-6-12(7-9-14)17-13(10-16-18(25)22-19(26)21-16)11-24(23-17)15-4-2-1-3-5-15/h1-11H,(H2,21,22,25,26)/b16-10+. The molecule has 0 atom stereocenters. The Kier molecular flexibility index (Phi) is 4.28. The topological polar surface area (TPSA) is 59.0 Å². The van der Waals surface area contributed by atoms with Gasteiger partial charge in [0.1, 0.15) is 11.4 Å². The van der Waals surface area contributed by atoms with Gasteiger partial charge < -0.3 is 5.32 Å². The van der Waals surface area contributed by atoms with E-state index < -0.39 is 0 Å². The maximum Gasteiger partial charge on any atom is 0.273 e. The number of halogens is 1. The van der Waals surface area contributed by atoms with Gasteiger partial charge in [0.2, 0.25) is 0 Å². The van der Waals surface area contributed by atoms with Gasteiger partial charge in [-0.05, 0) is 42.6 Å². The fourth-order valence-corrected chi connectivity index (χ4v) is 3.00. The van der Waals surface area contributed by atoms with Gasteiger partial charge in [0.05, 0.1) is 5.69 Å². The van der Waals surface area contributed by atoms with Crippen LogP contribution in [-0.2, 0) is 4.79 Å². The van der Waals surface area contributed by atoms with E-state index in [4.69, 9.17) is 28.9 Å². The van der Waals surface area contributed by atoms with Crippen molar-refractivity contribution in [2.75, 3.05) is 0 Å². The normalized spacial score (nSPS) is 15.2. The third-order valence-corrected chi connectivity index (χ3v) is 4.36. The highest BCUT2D eigenvalue weighted by Crippen LogP contribution is 2.27. The number of nitrogens with one attached hydrogen (secondary N) is 2. The third-order valence-electron chi connectivity index (χ3n) is 3.90. The summed E-state index contributed by atoms with van der Waals surface area (Å²) in [5, 5.41) is 11.1. The first-order valence-corrected chi connectivity index (χ1v) is 8.64. The van der Waals surface area contributed by atoms with Gasteiger partial charge in [-0.1, -0.05) is 41.9 Å². The molecule has 0 radical (unpaired) electrons. The molecule has 1 fully saturated rings. The Morgan fingerprint density at radius 2 is 1.77 bits per heavy atom. The summed E-state index contributed by atoms with van der Waals surface area (Å²) < 4.78 is 1.78. The molecule has 2 heterocycles. The number of rotatable bonds is 3. The summed E-state index contributed by atoms with van der Waals surface area (Å²) in [6, 6.07) is 17.2. The van der Waals surface area contributed by atoms with E-state index in [1.165, 1.54) is 0 Å². The third kappa shape index (κ3) is 3.24. The van der Waals surface area contributed by atoms with Crippen molar-refractivity contribution in [1.29, 1.82) is 0 Å². The van der Waals surface area contributed by atoms with Crippen LogP contribution in [0.25, 0.3) is 23.0 Å². The van der Waals surface area contributed by atoms with Crippen molar-refractivity contribution in [2.24, 2.45) is 0 Å². The molecule has 0 unspecified atom stereocenters. The van der Waals surface area contributed by atoms with Crippen LogP contribution in [-0.4, -0.2) is 20.8 Å². The van der Waals surface area contributed by atoms with Crippen LogP contribution in [0.4, 0.5) is 0 Å². The molecule has 1 aliphatic heterocycles. The van der Waals surface area contributed by atoms with Gasteiger partial charge >= 0.3 is 0 Å². The molecule has 0 spiro atoms. The highest BCUT2D eigenvalue weighted by molar-refractivity contribution is 7.80. The van der Waals surface area contributed by atoms with Crippen LogP contribution >= 0.6 is 23.8 Å². The highest BCUT2D eigenvalue weighted by Gasteiger charge is 2.21. The number of carbonyl (C=O) groups is 1. The lowest BCUT2D eigenvalue weighted by Gasteiger charge is -2.01. The van der Waals surface area contributed by atoms with Crippen molar-refractivity contribution in [1.82, 2.24) is 20.4 Å². The number of aromatic nitrogens is 2. The highest BCUT2D eigenvalue weighted by atomic mass is 35.5. The van der Waals surface area contributed by atoms with Gasteiger partial charge in [0, 0.05) is 22.3 Å². The van der Waals surface area contributed by atoms with Gasteiger partial charge in [-0.2, -0.15) is 5.10 Å². The van der Waals surface area contributed by atoms with Crippen LogP contribution in [0.5, 0.6) is 0 Å². The minimum absolute atomic E-state index is 0.260. The molecule has 1 amide bonds. The molecule has 5 nitrogen and oxygen atoms in total. The number of amides is 1. The molecular formula is C19H13ClN4OS. The summed E-state index contributed by atoms with van der Waals surface area (Å²) in [4.78, 5) is 12.0. The second-order valence-electron chi connectivity index (χ2n) is 5.69. The van der Waals surface area contributed by atoms with Gasteiger partial charge in [-0.3, -0.25) is 10.1 Å². The monoisotopic (exact) mass is 380 g/mol. The second-order valence-corrected chi connectivity index (χ2v) is 6.53. The minimum atomic E-state index is -0.260. The molecule has 1 aromatic heterocycles. The summed E-state index contributed by atoms with van der Waals surface area (Å²) in [6.45, 7) is 0. The molecule has 26 heavy (non-hydrogen) atoms. The van der Waals surface area contributed by atoms with Gasteiger partial charge in [-0.25, -0.2) is 4.68 Å². The summed E-state index contributed by atoms with van der Waals surface area (Å²) in [7, 11) is 0. The van der Waals surface area contributed by atoms with Crippen LogP contribution in [0.2, 0.25) is 5.02 Å². The summed E-state index contributed by atoms with van der Waals surface area (Å²) in [5.41, 5.74) is 3.74. The van der Waals surface area contributed by atoms with E-state index in [1.54, 1.807) is 10.8 Å². The zero-order valence-electron chi connectivity index (χ0n) is 13.4. The Hall–Kier alpha value is -2.96. The predicted octanol–water partition coefficient (Wildman–Crippen LogP) is 3.54. The Morgan fingerprint density at radius 1 is 1.04 bits per heavy atom. The molecule has 3 aromatic rings. The lowest BCUT2D eigenvalue weighted by Crippen LogP contribution is -2.21. The van der Waals surface area contributed by atoms with Crippen molar-refractivity contribution < 1.29 is 4.79 Å². The van der Waals surface area contributed by atoms with E-state index in [2.05, 4.69) is 10.6 Å². The SMILES string of the molecule is O=C1NC(=S)N/C1=C/c1cn(-c2ccccc2)nc1-c1ccc(Cl)cc1. The molecule has 0 bridgehead atoms. The first-order chi connectivity index (χ1) is 12.6. The average molecular weight is 381 g/mol. The first kappa shape index (κ1) is 16.5. The lowest BCUT2D eigenvalue weighted by molar-refractivity contribution is -0.115. The number of hydrogen-bond acceptors (Lipinski definition) is 3. The van der Waals surface area contributed by atoms with Crippen molar-refractivity contribution in [3.8, 4) is 16.9 Å². The van der Waals surface area contributed by atoms with E-state index >= 15 is 0 Å². The molecule has 128 valence electrons. The zero-order valence-corrected chi connectivity index (χ0v) is 15.0. The molecular weight excluding hydrogens is 368 g/mol. The van der Waals surface area contributed by atoms with Crippen LogP contribution in [0.15, 0.2) is 66.5 Å². The summed E-state index contributed by atoms with van der Waals surface area (Å²) in [6.07, 6.45) is 3.62. The molecule has 7 heteroatoms. The molecule has 1 aliphatic rings. The molecule has 4 rings (SSSR count). The van der Waals surface area contributed by atoms with Crippen molar-refractivity contribution in [3.63, 3.8) is 0 Å². The van der Waals surface area contributed by atoms with Crippen LogP contribution in [0, 0.1) is 0 Å². The Labute approximate surface area is 160 Å². The van der Waals surface area contributed by atoms with Crippen molar-refractivity contribution >= 4 is 40.9 Å². The fraction of sp³-hybridized carbons (Fsp3) is 0. The lowest BCUT2D eigenvalue weighted by atomic mass is 10.1. The smallest absolute Gasteiger partial charge is 0.273 e. The van der Waals surface area contributed by atoms with Gasteiger partial charge in [0.15, 0.2) is 5.11 Å². The number of carbonyl (C=O) groups excluding carboxylic acids is 1. The van der Waals surface area contributed by atoms with Crippen molar-refractivity contribution in [3.05, 3.63) is 77.1 Å². The molecule has 0 aliphatic carbocycles. The number of nitrogens with zero attached hydrogens (tertiary/aromatic N) is 2. The Bertz CT molecular complexity index is 1030. The molecule has 1 saturated heterocycles. The van der Waals surface area contributed by atoms with Crippen LogP contribution < -0.4 is 10.6 Å². The quantitative estimate of drug-likeness (QED) is 0.539. The first-order valence-electron chi connectivity index (χ1n) is 7.85. The molecule has 2 aromatic carbocycles. The number of thiocarbonyl (C=S) groups is 1. The molecule has 2 N–H and O–H groups in total. The van der Waals surface area contributed by atoms with Crippen molar-refractivity contribution in [2.45, 2.75) is 0 Å². The summed E-state index contributed by atoms with van der Waals surface area (Å²) >= 11 is 11.0. The minimum Gasteiger partial charge on any atom is -0.328 e. The Morgan fingerprint density at radius 3 is 2.42 bits per heavy atom. The van der Waals surface area contributed by atoms with E-state index in [-0.39, 0.29) is 5.91 Å². The number of benzene rings is 2. The second kappa shape index (κ2) is 6.74. The average Bonchev–Trinajstić information content (AvgIpc) is 3.20. The fourth-order valence-electron chi connectivity index (χ4n) is 2.68. The van der Waals surface area contributed by atoms with E-state index in [9.17, 15) is 4.79 Å². The maximum atomic E-state index is 12.0. The zero-order chi connectivity index (χ0) is 18.1. The number of hydrogen-bond donors (Lipinski definition) is 2. The van der Waals surface area contributed by atoms with Gasteiger partial charge in [-0.15, -0.1) is 0 Å². The predicted molar refractivity (Wildman–Crippen MR) is 106 cm³/mol. The van der Waals surface area contributed by atoms with E-state index in [1.807, 2.05) is 60.8 Å². The van der Waals surface area contributed by atoms with Crippen LogP contribution in [0.1, 0.15) is 5.56 Å². The maximum absolute atomic E-state index is 12.0. The van der Waals surface area contributed by atoms with Crippen LogP contribution in [0.3, 0.4) is 0 Å². The van der Waals surface area contributed by atoms with E-state index in [0.717, 1.165) is 22.5 Å². The largest absolute Gasteiger partial charge is 0.328 e. The Balaban J connectivity index is 1.84. The van der Waals surface area contributed by atoms with E-state index in [0.29, 0.717) is 15.8 Å². The summed E-state index contributed by atoms with van der Waals surface area (Å²) in [5.74, 6) is -0.260. The number of para-hydroxylation sites is 1. The van der Waals surface area contributed by atoms with Gasteiger partial charge in [0.25, 0.3) is 5.91 Å².